The summed E-state index contributed by atoms with van der Waals surface area (Å²) in [6, 6.07) is -0.842. The topological polar surface area (TPSA) is 128 Å². The second-order valence-electron chi connectivity index (χ2n) is 3.28. The van der Waals surface area contributed by atoms with Crippen molar-refractivity contribution < 1.29 is 25.2 Å². The van der Waals surface area contributed by atoms with E-state index in [0.29, 0.717) is 0 Å². The molecule has 1 saturated heterocycles. The van der Waals surface area contributed by atoms with E-state index in [9.17, 15) is 15.3 Å². The standard InChI is InChI=1S/C8H16N2O5/c9-1-2-10-5-6(12)4(3-11)15-8(14)7(5)13/h1-2,4-8,10-14H,3,9H2/b2-1-. The van der Waals surface area contributed by atoms with Crippen LogP contribution in [-0.2, 0) is 4.74 Å². The maximum Gasteiger partial charge on any atom is 0.183 e. The minimum atomic E-state index is -1.45. The highest BCUT2D eigenvalue weighted by Crippen LogP contribution is 2.19. The molecule has 1 aliphatic rings. The lowest BCUT2D eigenvalue weighted by molar-refractivity contribution is -0.261. The van der Waals surface area contributed by atoms with Crippen LogP contribution < -0.4 is 11.1 Å². The first-order valence-corrected chi connectivity index (χ1v) is 4.55. The van der Waals surface area contributed by atoms with Gasteiger partial charge in [0, 0.05) is 12.4 Å². The molecular formula is C8H16N2O5. The Morgan fingerprint density at radius 2 is 1.93 bits per heavy atom. The summed E-state index contributed by atoms with van der Waals surface area (Å²) in [5, 5.41) is 39.9. The van der Waals surface area contributed by atoms with Crippen LogP contribution in [0, 0.1) is 0 Å². The van der Waals surface area contributed by atoms with Gasteiger partial charge in [-0.1, -0.05) is 0 Å². The highest BCUT2D eigenvalue weighted by atomic mass is 16.6. The van der Waals surface area contributed by atoms with Crippen LogP contribution in [0.5, 0.6) is 0 Å². The molecule has 1 fully saturated rings. The van der Waals surface area contributed by atoms with Crippen molar-refractivity contribution >= 4 is 0 Å². The van der Waals surface area contributed by atoms with Crippen molar-refractivity contribution in [1.29, 1.82) is 0 Å². The van der Waals surface area contributed by atoms with Crippen LogP contribution in [0.3, 0.4) is 0 Å². The summed E-state index contributed by atoms with van der Waals surface area (Å²) in [6.45, 7) is -0.449. The van der Waals surface area contributed by atoms with Crippen molar-refractivity contribution in [3.05, 3.63) is 12.4 Å². The highest BCUT2D eigenvalue weighted by Gasteiger charge is 2.43. The summed E-state index contributed by atoms with van der Waals surface area (Å²) in [7, 11) is 0. The third-order valence-corrected chi connectivity index (χ3v) is 2.29. The normalized spacial score (nSPS) is 42.0. The molecule has 0 aromatic carbocycles. The molecule has 0 bridgehead atoms. The van der Waals surface area contributed by atoms with Gasteiger partial charge in [-0.15, -0.1) is 0 Å². The second-order valence-corrected chi connectivity index (χ2v) is 3.28. The lowest BCUT2D eigenvalue weighted by atomic mass is 9.96. The molecule has 0 aromatic heterocycles. The van der Waals surface area contributed by atoms with E-state index >= 15 is 0 Å². The van der Waals surface area contributed by atoms with Gasteiger partial charge in [0.2, 0.25) is 0 Å². The number of nitrogens with one attached hydrogen (secondary N) is 1. The first kappa shape index (κ1) is 12.2. The van der Waals surface area contributed by atoms with E-state index in [1.54, 1.807) is 0 Å². The summed E-state index contributed by atoms with van der Waals surface area (Å²) in [6.07, 6.45) is -2.30. The Bertz CT molecular complexity index is 225. The number of aliphatic hydroxyl groups excluding tert-OH is 4. The van der Waals surface area contributed by atoms with Crippen molar-refractivity contribution in [2.45, 2.75) is 30.6 Å². The van der Waals surface area contributed by atoms with Crippen LogP contribution >= 0.6 is 0 Å². The summed E-state index contributed by atoms with van der Waals surface area (Å²) >= 11 is 0. The van der Waals surface area contributed by atoms with Gasteiger partial charge in [0.25, 0.3) is 0 Å². The lowest BCUT2D eigenvalue weighted by Crippen LogP contribution is -2.62. The van der Waals surface area contributed by atoms with Crippen molar-refractivity contribution in [3.63, 3.8) is 0 Å². The maximum atomic E-state index is 9.65. The van der Waals surface area contributed by atoms with Gasteiger partial charge in [0.05, 0.1) is 12.6 Å². The van der Waals surface area contributed by atoms with E-state index in [-0.39, 0.29) is 0 Å². The molecule has 15 heavy (non-hydrogen) atoms. The molecular weight excluding hydrogens is 204 g/mol. The van der Waals surface area contributed by atoms with E-state index < -0.39 is 37.3 Å². The first-order valence-electron chi connectivity index (χ1n) is 4.55. The van der Waals surface area contributed by atoms with Crippen molar-refractivity contribution in [2.75, 3.05) is 6.61 Å². The molecule has 0 aliphatic carbocycles. The number of nitrogens with two attached hydrogens (primary N) is 1. The van der Waals surface area contributed by atoms with Crippen LogP contribution in [0.1, 0.15) is 0 Å². The Labute approximate surface area is 86.8 Å². The third kappa shape index (κ3) is 2.58. The zero-order valence-corrected chi connectivity index (χ0v) is 8.02. The summed E-state index contributed by atoms with van der Waals surface area (Å²) in [5.74, 6) is 0. The zero-order chi connectivity index (χ0) is 11.4. The predicted octanol–water partition coefficient (Wildman–Crippen LogP) is -3.19. The fraction of sp³-hybridized carbons (Fsp3) is 0.750. The quantitative estimate of drug-likeness (QED) is 0.295. The number of hydrogen-bond donors (Lipinski definition) is 6. The second kappa shape index (κ2) is 5.29. The van der Waals surface area contributed by atoms with Crippen LogP contribution in [0.25, 0.3) is 0 Å². The Morgan fingerprint density at radius 3 is 2.47 bits per heavy atom. The van der Waals surface area contributed by atoms with Gasteiger partial charge in [-0.25, -0.2) is 0 Å². The van der Waals surface area contributed by atoms with Crippen molar-refractivity contribution in [2.24, 2.45) is 5.73 Å². The number of rotatable bonds is 3. The van der Waals surface area contributed by atoms with Gasteiger partial charge in [0.15, 0.2) is 6.29 Å². The van der Waals surface area contributed by atoms with Gasteiger partial charge >= 0.3 is 0 Å². The Balaban J connectivity index is 2.70. The van der Waals surface area contributed by atoms with Gasteiger partial charge in [-0.2, -0.15) is 0 Å². The molecule has 1 heterocycles. The smallest absolute Gasteiger partial charge is 0.183 e. The number of hydrogen-bond acceptors (Lipinski definition) is 7. The monoisotopic (exact) mass is 220 g/mol. The van der Waals surface area contributed by atoms with Crippen LogP contribution in [0.2, 0.25) is 0 Å². The van der Waals surface area contributed by atoms with Gasteiger partial charge < -0.3 is 36.2 Å². The van der Waals surface area contributed by atoms with Crippen molar-refractivity contribution in [1.82, 2.24) is 5.32 Å². The summed E-state index contributed by atoms with van der Waals surface area (Å²) in [5.41, 5.74) is 5.09. The number of aliphatic hydroxyl groups is 4. The molecule has 0 radical (unpaired) electrons. The van der Waals surface area contributed by atoms with E-state index in [2.05, 4.69) is 5.32 Å². The van der Waals surface area contributed by atoms with Crippen molar-refractivity contribution in [3.8, 4) is 0 Å². The maximum absolute atomic E-state index is 9.65. The summed E-state index contributed by atoms with van der Waals surface area (Å²) < 4.78 is 4.78. The lowest BCUT2D eigenvalue weighted by Gasteiger charge is -2.40. The molecule has 7 heteroatoms. The van der Waals surface area contributed by atoms with Crippen LogP contribution in [-0.4, -0.2) is 57.7 Å². The molecule has 0 amide bonds. The molecule has 1 aliphatic heterocycles. The Morgan fingerprint density at radius 1 is 1.27 bits per heavy atom. The molecule has 5 atom stereocenters. The SMILES string of the molecule is N/C=C\NC1C(O)C(O)OC(CO)C1O. The van der Waals surface area contributed by atoms with E-state index in [0.717, 1.165) is 0 Å². The zero-order valence-electron chi connectivity index (χ0n) is 8.02. The first-order chi connectivity index (χ1) is 7.11. The van der Waals surface area contributed by atoms with Gasteiger partial charge in [0.1, 0.15) is 18.3 Å². The minimum absolute atomic E-state index is 0.449. The van der Waals surface area contributed by atoms with E-state index in [1.807, 2.05) is 0 Å². The molecule has 7 N–H and O–H groups in total. The largest absolute Gasteiger partial charge is 0.403 e. The molecule has 7 nitrogen and oxygen atoms in total. The fourth-order valence-electron chi connectivity index (χ4n) is 1.47. The van der Waals surface area contributed by atoms with Crippen LogP contribution in [0.4, 0.5) is 0 Å². The molecule has 1 rings (SSSR count). The van der Waals surface area contributed by atoms with Gasteiger partial charge in [-0.05, 0) is 0 Å². The van der Waals surface area contributed by atoms with E-state index in [4.69, 9.17) is 15.6 Å². The van der Waals surface area contributed by atoms with Gasteiger partial charge in [-0.3, -0.25) is 0 Å². The predicted molar refractivity (Wildman–Crippen MR) is 50.2 cm³/mol. The molecule has 5 unspecified atom stereocenters. The average Bonchev–Trinajstić information content (AvgIpc) is 2.23. The third-order valence-electron chi connectivity index (χ3n) is 2.29. The molecule has 0 aromatic rings. The number of ether oxygens (including phenoxy) is 1. The highest BCUT2D eigenvalue weighted by molar-refractivity contribution is 4.96. The summed E-state index contributed by atoms with van der Waals surface area (Å²) in [4.78, 5) is 0. The Hall–Kier alpha value is -0.860. The Kier molecular flexibility index (Phi) is 4.30. The fourth-order valence-corrected chi connectivity index (χ4v) is 1.47. The molecule has 0 spiro atoms. The van der Waals surface area contributed by atoms with E-state index in [1.165, 1.54) is 12.4 Å². The molecule has 88 valence electrons. The van der Waals surface area contributed by atoms with Crippen LogP contribution in [0.15, 0.2) is 12.4 Å². The molecule has 0 saturated carbocycles. The minimum Gasteiger partial charge on any atom is -0.403 e. The average molecular weight is 220 g/mol.